The van der Waals surface area contributed by atoms with E-state index in [0.29, 0.717) is 11.0 Å². The molecule has 0 aromatic carbocycles. The third kappa shape index (κ3) is 3.71. The molecule has 0 radical (unpaired) electrons. The third-order valence-electron chi connectivity index (χ3n) is 4.53. The van der Waals surface area contributed by atoms with Gasteiger partial charge in [0.1, 0.15) is 11.6 Å². The maximum atomic E-state index is 5.87. The number of rotatable bonds is 3. The largest absolute Gasteiger partial charge is 0.353 e. The van der Waals surface area contributed by atoms with Gasteiger partial charge in [-0.15, -0.1) is 0 Å². The number of aryl methyl sites for hydroxylation is 3. The number of hydrogen-bond donors (Lipinski definition) is 0. The van der Waals surface area contributed by atoms with Crippen LogP contribution in [-0.4, -0.2) is 55.9 Å². The SMILES string of the molecule is Cc1cc(C)n(-c2cc(N3CCN(c4ncc(Cl)cn4)CC3)nc(C)n2)n1. The molecule has 0 amide bonds. The van der Waals surface area contributed by atoms with Crippen molar-refractivity contribution in [1.82, 2.24) is 29.7 Å². The van der Waals surface area contributed by atoms with Gasteiger partial charge in [0.2, 0.25) is 5.95 Å². The second-order valence-corrected chi connectivity index (χ2v) is 7.08. The average Bonchev–Trinajstić information content (AvgIpc) is 3.00. The van der Waals surface area contributed by atoms with E-state index >= 15 is 0 Å². The maximum Gasteiger partial charge on any atom is 0.225 e. The second kappa shape index (κ2) is 7.11. The predicted octanol–water partition coefficient (Wildman–Crippen LogP) is 2.36. The van der Waals surface area contributed by atoms with E-state index in [1.165, 1.54) is 0 Å². The minimum absolute atomic E-state index is 0.547. The summed E-state index contributed by atoms with van der Waals surface area (Å²) in [7, 11) is 0. The highest BCUT2D eigenvalue weighted by Crippen LogP contribution is 2.20. The van der Waals surface area contributed by atoms with Crippen LogP contribution in [0.25, 0.3) is 5.82 Å². The number of piperazine rings is 1. The lowest BCUT2D eigenvalue weighted by atomic mass is 10.3. The minimum Gasteiger partial charge on any atom is -0.353 e. The Morgan fingerprint density at radius 3 is 2.11 bits per heavy atom. The monoisotopic (exact) mass is 384 g/mol. The van der Waals surface area contributed by atoms with E-state index in [1.54, 1.807) is 12.4 Å². The fourth-order valence-electron chi connectivity index (χ4n) is 3.27. The van der Waals surface area contributed by atoms with Gasteiger partial charge in [-0.2, -0.15) is 5.10 Å². The van der Waals surface area contributed by atoms with E-state index in [0.717, 1.165) is 55.0 Å². The van der Waals surface area contributed by atoms with E-state index in [9.17, 15) is 0 Å². The lowest BCUT2D eigenvalue weighted by molar-refractivity contribution is 0.632. The van der Waals surface area contributed by atoms with Crippen LogP contribution in [0.1, 0.15) is 17.2 Å². The van der Waals surface area contributed by atoms with E-state index in [4.69, 9.17) is 11.6 Å². The van der Waals surface area contributed by atoms with Crippen LogP contribution in [0.4, 0.5) is 11.8 Å². The highest BCUT2D eigenvalue weighted by Gasteiger charge is 2.21. The van der Waals surface area contributed by atoms with Gasteiger partial charge in [0, 0.05) is 37.9 Å². The quantitative estimate of drug-likeness (QED) is 0.686. The van der Waals surface area contributed by atoms with Crippen molar-refractivity contribution in [3.8, 4) is 5.82 Å². The van der Waals surface area contributed by atoms with Crippen molar-refractivity contribution in [3.05, 3.63) is 46.8 Å². The molecule has 140 valence electrons. The van der Waals surface area contributed by atoms with Crippen LogP contribution >= 0.6 is 11.6 Å². The first kappa shape index (κ1) is 17.7. The van der Waals surface area contributed by atoms with Crippen LogP contribution in [0.2, 0.25) is 5.02 Å². The van der Waals surface area contributed by atoms with Crippen molar-refractivity contribution in [1.29, 1.82) is 0 Å². The molecule has 1 aliphatic heterocycles. The standard InChI is InChI=1S/C18H21ClN8/c1-12-8-13(2)27(24-12)17-9-16(22-14(3)23-17)25-4-6-26(7-5-25)18-20-10-15(19)11-21-18/h8-11H,4-7H2,1-3H3. The number of anilines is 2. The molecule has 9 heteroatoms. The molecule has 4 rings (SSSR count). The zero-order chi connectivity index (χ0) is 19.0. The second-order valence-electron chi connectivity index (χ2n) is 6.65. The fraction of sp³-hybridized carbons (Fsp3) is 0.389. The van der Waals surface area contributed by atoms with Gasteiger partial charge in [0.15, 0.2) is 5.82 Å². The van der Waals surface area contributed by atoms with Crippen LogP contribution in [0.3, 0.4) is 0 Å². The number of hydrogen-bond acceptors (Lipinski definition) is 7. The van der Waals surface area contributed by atoms with Crippen LogP contribution < -0.4 is 9.80 Å². The Hall–Kier alpha value is -2.74. The summed E-state index contributed by atoms with van der Waals surface area (Å²) in [6.45, 7) is 9.23. The van der Waals surface area contributed by atoms with Gasteiger partial charge in [0.05, 0.1) is 23.1 Å². The molecule has 1 aliphatic rings. The van der Waals surface area contributed by atoms with E-state index in [2.05, 4.69) is 34.8 Å². The van der Waals surface area contributed by atoms with Crippen LogP contribution in [0.5, 0.6) is 0 Å². The summed E-state index contributed by atoms with van der Waals surface area (Å²) in [6.07, 6.45) is 3.26. The Morgan fingerprint density at radius 1 is 0.852 bits per heavy atom. The zero-order valence-corrected chi connectivity index (χ0v) is 16.3. The maximum absolute atomic E-state index is 5.87. The average molecular weight is 385 g/mol. The molecule has 4 heterocycles. The van der Waals surface area contributed by atoms with E-state index in [-0.39, 0.29) is 0 Å². The molecule has 0 unspecified atom stereocenters. The molecule has 0 atom stereocenters. The van der Waals surface area contributed by atoms with Crippen molar-refractivity contribution in [2.24, 2.45) is 0 Å². The summed E-state index contributed by atoms with van der Waals surface area (Å²) in [5.74, 6) is 3.16. The summed E-state index contributed by atoms with van der Waals surface area (Å²) >= 11 is 5.87. The first-order chi connectivity index (χ1) is 13.0. The normalized spacial score (nSPS) is 14.7. The fourth-order valence-corrected chi connectivity index (χ4v) is 3.37. The van der Waals surface area contributed by atoms with Gasteiger partial charge >= 0.3 is 0 Å². The summed E-state index contributed by atoms with van der Waals surface area (Å²) in [5, 5.41) is 5.09. The van der Waals surface area contributed by atoms with Gasteiger partial charge in [-0.3, -0.25) is 0 Å². The van der Waals surface area contributed by atoms with E-state index in [1.807, 2.05) is 37.6 Å². The molecule has 0 N–H and O–H groups in total. The number of halogens is 1. The Labute approximate surface area is 162 Å². The van der Waals surface area contributed by atoms with Crippen molar-refractivity contribution >= 4 is 23.4 Å². The summed E-state index contributed by atoms with van der Waals surface area (Å²) < 4.78 is 1.87. The first-order valence-corrected chi connectivity index (χ1v) is 9.24. The molecule has 1 fully saturated rings. The van der Waals surface area contributed by atoms with Gasteiger partial charge in [-0.05, 0) is 26.8 Å². The molecular weight excluding hydrogens is 364 g/mol. The molecule has 3 aromatic rings. The van der Waals surface area contributed by atoms with Crippen molar-refractivity contribution < 1.29 is 0 Å². The Balaban J connectivity index is 1.53. The zero-order valence-electron chi connectivity index (χ0n) is 15.6. The van der Waals surface area contributed by atoms with Crippen LogP contribution in [0.15, 0.2) is 24.5 Å². The third-order valence-corrected chi connectivity index (χ3v) is 4.73. The highest BCUT2D eigenvalue weighted by atomic mass is 35.5. The van der Waals surface area contributed by atoms with Crippen molar-refractivity contribution in [2.45, 2.75) is 20.8 Å². The summed E-state index contributed by atoms with van der Waals surface area (Å²) in [4.78, 5) is 22.2. The van der Waals surface area contributed by atoms with Crippen LogP contribution in [0, 0.1) is 20.8 Å². The van der Waals surface area contributed by atoms with Gasteiger partial charge in [0.25, 0.3) is 0 Å². The molecule has 0 aliphatic carbocycles. The highest BCUT2D eigenvalue weighted by molar-refractivity contribution is 6.30. The van der Waals surface area contributed by atoms with Gasteiger partial charge in [-0.1, -0.05) is 11.6 Å². The van der Waals surface area contributed by atoms with Crippen molar-refractivity contribution in [2.75, 3.05) is 36.0 Å². The van der Waals surface area contributed by atoms with Gasteiger partial charge < -0.3 is 9.80 Å². The Morgan fingerprint density at radius 2 is 1.48 bits per heavy atom. The minimum atomic E-state index is 0.547. The predicted molar refractivity (Wildman–Crippen MR) is 105 cm³/mol. The number of aromatic nitrogens is 6. The smallest absolute Gasteiger partial charge is 0.225 e. The molecule has 0 spiro atoms. The Bertz CT molecular complexity index is 944. The molecule has 3 aromatic heterocycles. The summed E-state index contributed by atoms with van der Waals surface area (Å²) in [6, 6.07) is 4.04. The molecule has 27 heavy (non-hydrogen) atoms. The van der Waals surface area contributed by atoms with Crippen LogP contribution in [-0.2, 0) is 0 Å². The molecule has 1 saturated heterocycles. The lowest BCUT2D eigenvalue weighted by Crippen LogP contribution is -2.47. The molecular formula is C18H21ClN8. The topological polar surface area (TPSA) is 75.9 Å². The lowest BCUT2D eigenvalue weighted by Gasteiger charge is -2.35. The molecule has 0 saturated carbocycles. The van der Waals surface area contributed by atoms with Crippen molar-refractivity contribution in [3.63, 3.8) is 0 Å². The van der Waals surface area contributed by atoms with Gasteiger partial charge in [-0.25, -0.2) is 24.6 Å². The molecule has 0 bridgehead atoms. The molecule has 8 nitrogen and oxygen atoms in total. The first-order valence-electron chi connectivity index (χ1n) is 8.86. The Kier molecular flexibility index (Phi) is 4.65. The number of nitrogens with zero attached hydrogens (tertiary/aromatic N) is 8. The summed E-state index contributed by atoms with van der Waals surface area (Å²) in [5.41, 5.74) is 2.03. The van der Waals surface area contributed by atoms with E-state index < -0.39 is 0 Å².